The van der Waals surface area contributed by atoms with Crippen LogP contribution in [0.1, 0.15) is 36.7 Å². The van der Waals surface area contributed by atoms with Crippen LogP contribution in [0, 0.1) is 0 Å². The minimum absolute atomic E-state index is 0.204. The fraction of sp³-hybridized carbons (Fsp3) is 0.429. The third-order valence-corrected chi connectivity index (χ3v) is 2.30. The lowest BCUT2D eigenvalue weighted by molar-refractivity contribution is 0.0285. The molecule has 0 spiro atoms. The van der Waals surface area contributed by atoms with Crippen LogP contribution in [0.2, 0.25) is 0 Å². The van der Waals surface area contributed by atoms with Crippen LogP contribution in [-0.4, -0.2) is 34.7 Å². The first kappa shape index (κ1) is 15.0. The number of aromatic carboxylic acids is 1. The van der Waals surface area contributed by atoms with Crippen molar-refractivity contribution in [3.05, 3.63) is 35.4 Å². The van der Waals surface area contributed by atoms with Crippen molar-refractivity contribution < 1.29 is 19.4 Å². The number of carbonyl (C=O) groups excluding carboxylic acids is 1. The summed E-state index contributed by atoms with van der Waals surface area (Å²) in [5.41, 5.74) is 0.400. The van der Waals surface area contributed by atoms with Gasteiger partial charge in [-0.05, 0) is 38.5 Å². The van der Waals surface area contributed by atoms with E-state index in [4.69, 9.17) is 9.84 Å². The predicted molar refractivity (Wildman–Crippen MR) is 71.1 cm³/mol. The second-order valence-electron chi connectivity index (χ2n) is 5.34. The quantitative estimate of drug-likeness (QED) is 0.912. The minimum Gasteiger partial charge on any atom is -0.478 e. The molecule has 0 aliphatic heterocycles. The first-order valence-corrected chi connectivity index (χ1v) is 5.95. The van der Waals surface area contributed by atoms with Crippen molar-refractivity contribution in [3.63, 3.8) is 0 Å². The molecule has 1 amide bonds. The van der Waals surface area contributed by atoms with Crippen molar-refractivity contribution in [1.82, 2.24) is 4.90 Å². The topological polar surface area (TPSA) is 66.8 Å². The molecule has 0 aromatic heterocycles. The van der Waals surface area contributed by atoms with Crippen LogP contribution < -0.4 is 0 Å². The number of ether oxygens (including phenoxy) is 1. The molecule has 104 valence electrons. The van der Waals surface area contributed by atoms with Crippen LogP contribution in [0.3, 0.4) is 0 Å². The first-order valence-electron chi connectivity index (χ1n) is 5.95. The Kier molecular flexibility index (Phi) is 4.53. The number of benzene rings is 1. The molecule has 0 heterocycles. The Hall–Kier alpha value is -2.04. The molecule has 5 heteroatoms. The number of carbonyl (C=O) groups is 2. The van der Waals surface area contributed by atoms with Crippen LogP contribution in [0.4, 0.5) is 4.79 Å². The second-order valence-corrected chi connectivity index (χ2v) is 5.34. The monoisotopic (exact) mass is 265 g/mol. The van der Waals surface area contributed by atoms with E-state index in [0.29, 0.717) is 6.54 Å². The van der Waals surface area contributed by atoms with E-state index < -0.39 is 17.7 Å². The highest BCUT2D eigenvalue weighted by atomic mass is 16.6. The summed E-state index contributed by atoms with van der Waals surface area (Å²) < 4.78 is 5.22. The standard InChI is InChI=1S/C14H19NO4/c1-14(2,3)19-13(18)15(4)9-10-6-5-7-11(8-10)12(16)17/h5-8H,9H2,1-4H3,(H,16,17). The zero-order valence-corrected chi connectivity index (χ0v) is 11.6. The Labute approximate surface area is 112 Å². The van der Waals surface area contributed by atoms with Gasteiger partial charge in [0.05, 0.1) is 5.56 Å². The molecule has 1 rings (SSSR count). The summed E-state index contributed by atoms with van der Waals surface area (Å²) in [6.07, 6.45) is -0.437. The molecule has 19 heavy (non-hydrogen) atoms. The molecule has 0 saturated carbocycles. The largest absolute Gasteiger partial charge is 0.478 e. The summed E-state index contributed by atoms with van der Waals surface area (Å²) in [7, 11) is 1.61. The Morgan fingerprint density at radius 3 is 2.47 bits per heavy atom. The van der Waals surface area contributed by atoms with Crippen molar-refractivity contribution in [2.45, 2.75) is 32.9 Å². The summed E-state index contributed by atoms with van der Waals surface area (Å²) in [6, 6.07) is 6.48. The van der Waals surface area contributed by atoms with Crippen molar-refractivity contribution in [1.29, 1.82) is 0 Å². The Morgan fingerprint density at radius 2 is 1.95 bits per heavy atom. The highest BCUT2D eigenvalue weighted by Gasteiger charge is 2.19. The van der Waals surface area contributed by atoms with E-state index in [0.717, 1.165) is 5.56 Å². The number of nitrogens with zero attached hydrogens (tertiary/aromatic N) is 1. The average Bonchev–Trinajstić information content (AvgIpc) is 2.27. The van der Waals surface area contributed by atoms with Gasteiger partial charge in [-0.15, -0.1) is 0 Å². The van der Waals surface area contributed by atoms with Crippen molar-refractivity contribution in [2.75, 3.05) is 7.05 Å². The SMILES string of the molecule is CN(Cc1cccc(C(=O)O)c1)C(=O)OC(C)(C)C. The zero-order chi connectivity index (χ0) is 14.6. The lowest BCUT2D eigenvalue weighted by atomic mass is 10.1. The molecule has 1 aromatic rings. The van der Waals surface area contributed by atoms with Gasteiger partial charge in [0.25, 0.3) is 0 Å². The lowest BCUT2D eigenvalue weighted by Crippen LogP contribution is -2.33. The van der Waals surface area contributed by atoms with Gasteiger partial charge in [-0.3, -0.25) is 0 Å². The molecule has 1 N–H and O–H groups in total. The minimum atomic E-state index is -0.984. The molecular weight excluding hydrogens is 246 g/mol. The van der Waals surface area contributed by atoms with Crippen LogP contribution in [-0.2, 0) is 11.3 Å². The molecule has 0 atom stereocenters. The first-order chi connectivity index (χ1) is 8.69. The normalized spacial score (nSPS) is 10.9. The fourth-order valence-corrected chi connectivity index (χ4v) is 1.48. The van der Waals surface area contributed by atoms with Gasteiger partial charge in [0.1, 0.15) is 5.60 Å². The van der Waals surface area contributed by atoms with Gasteiger partial charge in [0.2, 0.25) is 0 Å². The molecule has 0 saturated heterocycles. The molecular formula is C14H19NO4. The molecule has 0 aliphatic carbocycles. The third kappa shape index (κ3) is 4.99. The van der Waals surface area contributed by atoms with Gasteiger partial charge >= 0.3 is 12.1 Å². The number of hydrogen-bond donors (Lipinski definition) is 1. The van der Waals surface area contributed by atoms with Crippen LogP contribution >= 0.6 is 0 Å². The van der Waals surface area contributed by atoms with E-state index in [9.17, 15) is 9.59 Å². The Balaban J connectivity index is 2.71. The summed E-state index contributed by atoms with van der Waals surface area (Å²) in [4.78, 5) is 24.0. The fourth-order valence-electron chi connectivity index (χ4n) is 1.48. The molecule has 0 fully saturated rings. The number of hydrogen-bond acceptors (Lipinski definition) is 3. The van der Waals surface area contributed by atoms with Crippen molar-refractivity contribution >= 4 is 12.1 Å². The molecule has 0 aliphatic rings. The van der Waals surface area contributed by atoms with Gasteiger partial charge in [-0.2, -0.15) is 0 Å². The highest BCUT2D eigenvalue weighted by molar-refractivity contribution is 5.87. The summed E-state index contributed by atoms with van der Waals surface area (Å²) in [5, 5.41) is 8.90. The summed E-state index contributed by atoms with van der Waals surface area (Å²) in [5.74, 6) is -0.984. The van der Waals surface area contributed by atoms with Crippen molar-refractivity contribution in [3.8, 4) is 0 Å². The van der Waals surface area contributed by atoms with Gasteiger partial charge in [-0.25, -0.2) is 9.59 Å². The number of amides is 1. The Morgan fingerprint density at radius 1 is 1.32 bits per heavy atom. The van der Waals surface area contributed by atoms with E-state index in [2.05, 4.69) is 0 Å². The summed E-state index contributed by atoms with van der Waals surface area (Å²) in [6.45, 7) is 5.69. The van der Waals surface area contributed by atoms with E-state index in [1.165, 1.54) is 11.0 Å². The van der Waals surface area contributed by atoms with E-state index in [1.54, 1.807) is 46.0 Å². The molecule has 0 radical (unpaired) electrons. The average molecular weight is 265 g/mol. The van der Waals surface area contributed by atoms with Crippen LogP contribution in [0.25, 0.3) is 0 Å². The molecule has 0 unspecified atom stereocenters. The molecule has 5 nitrogen and oxygen atoms in total. The van der Waals surface area contributed by atoms with Gasteiger partial charge in [0.15, 0.2) is 0 Å². The maximum atomic E-state index is 11.8. The maximum Gasteiger partial charge on any atom is 0.410 e. The number of carboxylic acids is 1. The van der Waals surface area contributed by atoms with E-state index in [-0.39, 0.29) is 5.56 Å². The van der Waals surface area contributed by atoms with Gasteiger partial charge in [0, 0.05) is 13.6 Å². The third-order valence-electron chi connectivity index (χ3n) is 2.30. The zero-order valence-electron chi connectivity index (χ0n) is 11.6. The highest BCUT2D eigenvalue weighted by Crippen LogP contribution is 2.12. The number of carboxylic acid groups (broad SMARTS) is 1. The lowest BCUT2D eigenvalue weighted by Gasteiger charge is -2.24. The van der Waals surface area contributed by atoms with E-state index >= 15 is 0 Å². The van der Waals surface area contributed by atoms with Crippen molar-refractivity contribution in [2.24, 2.45) is 0 Å². The van der Waals surface area contributed by atoms with E-state index in [1.807, 2.05) is 0 Å². The summed E-state index contributed by atoms with van der Waals surface area (Å²) >= 11 is 0. The van der Waals surface area contributed by atoms with Crippen LogP contribution in [0.5, 0.6) is 0 Å². The Bertz CT molecular complexity index is 477. The predicted octanol–water partition coefficient (Wildman–Crippen LogP) is 2.75. The smallest absolute Gasteiger partial charge is 0.410 e. The molecule has 1 aromatic carbocycles. The molecule has 0 bridgehead atoms. The second kappa shape index (κ2) is 5.73. The number of rotatable bonds is 3. The van der Waals surface area contributed by atoms with Crippen LogP contribution in [0.15, 0.2) is 24.3 Å². The van der Waals surface area contributed by atoms with Gasteiger partial charge < -0.3 is 14.7 Å². The maximum absolute atomic E-state index is 11.8. The van der Waals surface area contributed by atoms with Gasteiger partial charge in [-0.1, -0.05) is 12.1 Å².